The fourth-order valence-corrected chi connectivity index (χ4v) is 2.59. The van der Waals surface area contributed by atoms with E-state index in [0.29, 0.717) is 37.5 Å². The van der Waals surface area contributed by atoms with Crippen LogP contribution in [-0.4, -0.2) is 60.6 Å². The lowest BCUT2D eigenvalue weighted by Crippen LogP contribution is -2.51. The number of ether oxygens (including phenoxy) is 2. The smallest absolute Gasteiger partial charge is 0.434 e. The molecule has 0 N–H and O–H groups in total. The van der Waals surface area contributed by atoms with Crippen LogP contribution in [0.3, 0.4) is 0 Å². The Kier molecular flexibility index (Phi) is 6.38. The maximum atomic E-state index is 12.5. The molecule has 1 aromatic rings. The molecule has 2 rings (SSSR count). The predicted molar refractivity (Wildman–Crippen MR) is 91.4 cm³/mol. The first-order chi connectivity index (χ1) is 11.9. The SMILES string of the molecule is CCOC(=O)Oc1ccc(C(=O)N2CCN(C(=O)C(C)C)CC2)cc1. The highest BCUT2D eigenvalue weighted by molar-refractivity contribution is 5.94. The summed E-state index contributed by atoms with van der Waals surface area (Å²) in [6, 6.07) is 6.34. The minimum Gasteiger partial charge on any atom is -0.434 e. The number of nitrogens with zero attached hydrogens (tertiary/aromatic N) is 2. The van der Waals surface area contributed by atoms with Gasteiger partial charge in [-0.1, -0.05) is 13.8 Å². The molecule has 2 amide bonds. The highest BCUT2D eigenvalue weighted by Gasteiger charge is 2.25. The number of amides is 2. The number of rotatable bonds is 4. The first kappa shape index (κ1) is 18.8. The topological polar surface area (TPSA) is 76.2 Å². The van der Waals surface area contributed by atoms with Gasteiger partial charge in [0.05, 0.1) is 6.61 Å². The molecule has 7 heteroatoms. The molecule has 1 saturated heterocycles. The predicted octanol–water partition coefficient (Wildman–Crippen LogP) is 2.16. The van der Waals surface area contributed by atoms with Gasteiger partial charge in [0.1, 0.15) is 5.75 Å². The van der Waals surface area contributed by atoms with Crippen LogP contribution in [0.15, 0.2) is 24.3 Å². The molecular weight excluding hydrogens is 324 g/mol. The van der Waals surface area contributed by atoms with Crippen LogP contribution in [0.2, 0.25) is 0 Å². The fraction of sp³-hybridized carbons (Fsp3) is 0.500. The molecule has 0 spiro atoms. The second-order valence-corrected chi connectivity index (χ2v) is 6.08. The molecule has 0 saturated carbocycles. The highest BCUT2D eigenvalue weighted by atomic mass is 16.7. The number of hydrogen-bond donors (Lipinski definition) is 0. The van der Waals surface area contributed by atoms with E-state index in [1.165, 1.54) is 0 Å². The summed E-state index contributed by atoms with van der Waals surface area (Å²) in [6.45, 7) is 7.80. The van der Waals surface area contributed by atoms with Crippen molar-refractivity contribution in [3.05, 3.63) is 29.8 Å². The molecule has 0 radical (unpaired) electrons. The van der Waals surface area contributed by atoms with Crippen LogP contribution < -0.4 is 4.74 Å². The van der Waals surface area contributed by atoms with Gasteiger partial charge in [-0.25, -0.2) is 4.79 Å². The van der Waals surface area contributed by atoms with Gasteiger partial charge in [-0.15, -0.1) is 0 Å². The standard InChI is InChI=1S/C18H24N2O5/c1-4-24-18(23)25-15-7-5-14(6-8-15)17(22)20-11-9-19(10-12-20)16(21)13(2)3/h5-8,13H,4,9-12H2,1-3H3. The van der Waals surface area contributed by atoms with Gasteiger partial charge in [0.2, 0.25) is 5.91 Å². The average molecular weight is 348 g/mol. The van der Waals surface area contributed by atoms with E-state index in [0.717, 1.165) is 0 Å². The number of hydrogen-bond acceptors (Lipinski definition) is 5. The number of carbonyl (C=O) groups excluding carboxylic acids is 3. The first-order valence-electron chi connectivity index (χ1n) is 8.45. The largest absolute Gasteiger partial charge is 0.513 e. The van der Waals surface area contributed by atoms with E-state index in [1.807, 2.05) is 13.8 Å². The molecule has 0 unspecified atom stereocenters. The highest BCUT2D eigenvalue weighted by Crippen LogP contribution is 2.16. The minimum atomic E-state index is -0.771. The zero-order valence-corrected chi connectivity index (χ0v) is 14.9. The van der Waals surface area contributed by atoms with Gasteiger partial charge in [0.25, 0.3) is 5.91 Å². The molecule has 7 nitrogen and oxygen atoms in total. The lowest BCUT2D eigenvalue weighted by Gasteiger charge is -2.35. The van der Waals surface area contributed by atoms with Crippen molar-refractivity contribution in [2.24, 2.45) is 5.92 Å². The van der Waals surface area contributed by atoms with Crippen molar-refractivity contribution in [1.82, 2.24) is 9.80 Å². The Morgan fingerprint density at radius 1 is 1.00 bits per heavy atom. The van der Waals surface area contributed by atoms with Crippen LogP contribution in [0, 0.1) is 5.92 Å². The Balaban J connectivity index is 1.91. The monoisotopic (exact) mass is 348 g/mol. The van der Waals surface area contributed by atoms with E-state index in [-0.39, 0.29) is 24.3 Å². The van der Waals surface area contributed by atoms with Crippen molar-refractivity contribution >= 4 is 18.0 Å². The molecule has 136 valence electrons. The third kappa shape index (κ3) is 4.95. The van der Waals surface area contributed by atoms with Crippen LogP contribution in [0.5, 0.6) is 5.75 Å². The van der Waals surface area contributed by atoms with Crippen LogP contribution in [0.25, 0.3) is 0 Å². The molecule has 1 aromatic carbocycles. The first-order valence-corrected chi connectivity index (χ1v) is 8.45. The minimum absolute atomic E-state index is 0.0332. The van der Waals surface area contributed by atoms with E-state index < -0.39 is 6.16 Å². The molecule has 0 bridgehead atoms. The molecule has 1 aliphatic rings. The normalized spacial score (nSPS) is 14.4. The van der Waals surface area contributed by atoms with Gasteiger partial charge >= 0.3 is 6.16 Å². The Morgan fingerprint density at radius 3 is 2.08 bits per heavy atom. The van der Waals surface area contributed by atoms with Gasteiger partial charge in [0, 0.05) is 37.7 Å². The summed E-state index contributed by atoms with van der Waals surface area (Å²) < 4.78 is 9.66. The maximum Gasteiger partial charge on any atom is 0.513 e. The van der Waals surface area contributed by atoms with Crippen molar-refractivity contribution in [2.75, 3.05) is 32.8 Å². The van der Waals surface area contributed by atoms with Crippen molar-refractivity contribution in [3.8, 4) is 5.75 Å². The van der Waals surface area contributed by atoms with Crippen LogP contribution in [0.4, 0.5) is 4.79 Å². The summed E-state index contributed by atoms with van der Waals surface area (Å²) in [5.41, 5.74) is 0.514. The zero-order valence-electron chi connectivity index (χ0n) is 14.9. The maximum absolute atomic E-state index is 12.5. The van der Waals surface area contributed by atoms with Gasteiger partial charge in [-0.2, -0.15) is 0 Å². The molecule has 0 atom stereocenters. The van der Waals surface area contributed by atoms with Crippen LogP contribution in [0.1, 0.15) is 31.1 Å². The molecule has 1 fully saturated rings. The summed E-state index contributed by atoms with van der Waals surface area (Å²) in [5.74, 6) is 0.309. The van der Waals surface area contributed by atoms with Crippen molar-refractivity contribution in [3.63, 3.8) is 0 Å². The summed E-state index contributed by atoms with van der Waals surface area (Å²) in [6.07, 6.45) is -0.771. The quantitative estimate of drug-likeness (QED) is 0.616. The summed E-state index contributed by atoms with van der Waals surface area (Å²) in [7, 11) is 0. The van der Waals surface area contributed by atoms with E-state index in [1.54, 1.807) is 41.0 Å². The molecule has 1 heterocycles. The number of carbonyl (C=O) groups is 3. The summed E-state index contributed by atoms with van der Waals surface area (Å²) in [4.78, 5) is 39.3. The van der Waals surface area contributed by atoms with Gasteiger partial charge in [-0.3, -0.25) is 9.59 Å². The van der Waals surface area contributed by atoms with Crippen molar-refractivity contribution in [2.45, 2.75) is 20.8 Å². The molecule has 25 heavy (non-hydrogen) atoms. The van der Waals surface area contributed by atoms with Gasteiger partial charge in [0.15, 0.2) is 0 Å². The Bertz CT molecular complexity index is 619. The Labute approximate surface area is 147 Å². The lowest BCUT2D eigenvalue weighted by molar-refractivity contribution is -0.135. The van der Waals surface area contributed by atoms with E-state index in [9.17, 15) is 14.4 Å². The third-order valence-corrected chi connectivity index (χ3v) is 3.94. The van der Waals surface area contributed by atoms with Crippen molar-refractivity contribution in [1.29, 1.82) is 0 Å². The van der Waals surface area contributed by atoms with Crippen LogP contribution in [-0.2, 0) is 9.53 Å². The molecule has 0 aromatic heterocycles. The second kappa shape index (κ2) is 8.50. The summed E-state index contributed by atoms with van der Waals surface area (Å²) in [5, 5.41) is 0. The zero-order chi connectivity index (χ0) is 18.4. The number of piperazine rings is 1. The fourth-order valence-electron chi connectivity index (χ4n) is 2.59. The molecule has 1 aliphatic heterocycles. The van der Waals surface area contributed by atoms with E-state index in [2.05, 4.69) is 0 Å². The van der Waals surface area contributed by atoms with Crippen LogP contribution >= 0.6 is 0 Å². The lowest BCUT2D eigenvalue weighted by atomic mass is 10.1. The molecule has 0 aliphatic carbocycles. The Hall–Kier alpha value is -2.57. The third-order valence-electron chi connectivity index (χ3n) is 3.94. The van der Waals surface area contributed by atoms with Gasteiger partial charge < -0.3 is 19.3 Å². The van der Waals surface area contributed by atoms with Crippen molar-refractivity contribution < 1.29 is 23.9 Å². The van der Waals surface area contributed by atoms with E-state index >= 15 is 0 Å². The molecular formula is C18H24N2O5. The van der Waals surface area contributed by atoms with E-state index in [4.69, 9.17) is 9.47 Å². The number of benzene rings is 1. The van der Waals surface area contributed by atoms with Gasteiger partial charge in [-0.05, 0) is 31.2 Å². The second-order valence-electron chi connectivity index (χ2n) is 6.08. The summed E-state index contributed by atoms with van der Waals surface area (Å²) >= 11 is 0. The average Bonchev–Trinajstić information content (AvgIpc) is 2.61. The Morgan fingerprint density at radius 2 is 1.56 bits per heavy atom.